The Kier molecular flexibility index (Phi) is 5.20. The van der Waals surface area contributed by atoms with Crippen molar-refractivity contribution in [3.05, 3.63) is 53.1 Å². The first-order valence-electron chi connectivity index (χ1n) is 10.7. The van der Waals surface area contributed by atoms with E-state index in [1.807, 2.05) is 4.90 Å². The summed E-state index contributed by atoms with van der Waals surface area (Å²) in [7, 11) is 1.46. The number of amides is 2. The maximum absolute atomic E-state index is 15.3. The summed E-state index contributed by atoms with van der Waals surface area (Å²) in [6.45, 7) is 4.31. The summed E-state index contributed by atoms with van der Waals surface area (Å²) in [4.78, 5) is 31.6. The second-order valence-corrected chi connectivity index (χ2v) is 8.30. The van der Waals surface area contributed by atoms with E-state index in [-0.39, 0.29) is 23.2 Å². The fourth-order valence-electron chi connectivity index (χ4n) is 4.42. The van der Waals surface area contributed by atoms with E-state index in [0.29, 0.717) is 55.1 Å². The Morgan fingerprint density at radius 2 is 2.00 bits per heavy atom. The number of hydrogen-bond acceptors (Lipinski definition) is 6. The van der Waals surface area contributed by atoms with Crippen LogP contribution in [0.1, 0.15) is 34.5 Å². The minimum atomic E-state index is -0.695. The van der Waals surface area contributed by atoms with Crippen LogP contribution in [0.25, 0.3) is 5.52 Å². The Balaban J connectivity index is 1.31. The monoisotopic (exact) mass is 455 g/mol. The van der Waals surface area contributed by atoms with Gasteiger partial charge in [-0.3, -0.25) is 14.5 Å². The highest BCUT2D eigenvalue weighted by atomic mass is 19.1. The molecule has 0 aromatic carbocycles. The number of nitrogens with one attached hydrogen (secondary N) is 2. The Labute approximate surface area is 188 Å². The van der Waals surface area contributed by atoms with Gasteiger partial charge < -0.3 is 15.5 Å². The van der Waals surface area contributed by atoms with Gasteiger partial charge in [0.1, 0.15) is 11.4 Å². The molecule has 2 aliphatic rings. The summed E-state index contributed by atoms with van der Waals surface area (Å²) in [5.41, 5.74) is 2.27. The molecule has 0 saturated carbocycles. The van der Waals surface area contributed by atoms with E-state index in [1.165, 1.54) is 13.1 Å². The van der Waals surface area contributed by atoms with Gasteiger partial charge in [0.2, 0.25) is 11.9 Å². The predicted octanol–water partition coefficient (Wildman–Crippen LogP) is 1.74. The molecule has 0 bridgehead atoms. The molecule has 0 spiro atoms. The van der Waals surface area contributed by atoms with Crippen molar-refractivity contribution in [2.75, 3.05) is 43.4 Å². The summed E-state index contributed by atoms with van der Waals surface area (Å²) in [6, 6.07) is 3.05. The van der Waals surface area contributed by atoms with Crippen LogP contribution in [-0.4, -0.2) is 64.5 Å². The number of anilines is 2. The normalized spacial score (nSPS) is 18.5. The highest BCUT2D eigenvalue weighted by Gasteiger charge is 2.31. The van der Waals surface area contributed by atoms with E-state index in [0.717, 1.165) is 0 Å². The number of halogens is 2. The highest BCUT2D eigenvalue weighted by molar-refractivity contribution is 6.05. The number of rotatable bonds is 4. The zero-order valence-electron chi connectivity index (χ0n) is 18.2. The number of carbonyl (C=O) groups excluding carboxylic acids is 2. The number of carbonyl (C=O) groups is 2. The van der Waals surface area contributed by atoms with Crippen molar-refractivity contribution in [3.8, 4) is 0 Å². The number of piperazine rings is 1. The Hall–Kier alpha value is -3.60. The van der Waals surface area contributed by atoms with Gasteiger partial charge in [-0.25, -0.2) is 13.9 Å². The molecule has 2 N–H and O–H groups in total. The molecule has 5 rings (SSSR count). The molecule has 3 aromatic heterocycles. The van der Waals surface area contributed by atoms with Gasteiger partial charge in [0.25, 0.3) is 5.91 Å². The SMILES string of the molecule is CNC(=O)c1ccc(N2CCN(Cc3cn4ncc5c4c(c3F)NC(=O)[C@@H]5C)CC2)c(F)n1. The van der Waals surface area contributed by atoms with Crippen molar-refractivity contribution in [1.29, 1.82) is 0 Å². The molecule has 2 amide bonds. The molecule has 1 atom stereocenters. The van der Waals surface area contributed by atoms with Crippen LogP contribution in [0.15, 0.2) is 24.5 Å². The van der Waals surface area contributed by atoms with E-state index >= 15 is 4.39 Å². The topological polar surface area (TPSA) is 94.9 Å². The van der Waals surface area contributed by atoms with Gasteiger partial charge >= 0.3 is 0 Å². The average Bonchev–Trinajstić information content (AvgIpc) is 3.24. The van der Waals surface area contributed by atoms with E-state index in [2.05, 4.69) is 25.6 Å². The van der Waals surface area contributed by atoms with Crippen LogP contribution >= 0.6 is 0 Å². The highest BCUT2D eigenvalue weighted by Crippen LogP contribution is 2.36. The van der Waals surface area contributed by atoms with Gasteiger partial charge in [-0.15, -0.1) is 0 Å². The molecule has 11 heteroatoms. The third-order valence-corrected chi connectivity index (χ3v) is 6.34. The molecule has 172 valence electrons. The number of hydrogen-bond donors (Lipinski definition) is 2. The zero-order chi connectivity index (χ0) is 23.3. The maximum Gasteiger partial charge on any atom is 0.269 e. The molecule has 0 unspecified atom stereocenters. The summed E-state index contributed by atoms with van der Waals surface area (Å²) in [6.07, 6.45) is 3.28. The van der Waals surface area contributed by atoms with Gasteiger partial charge in [-0.2, -0.15) is 9.49 Å². The van der Waals surface area contributed by atoms with Crippen LogP contribution < -0.4 is 15.5 Å². The number of pyridine rings is 2. The first-order chi connectivity index (χ1) is 15.9. The van der Waals surface area contributed by atoms with Crippen LogP contribution in [0.3, 0.4) is 0 Å². The van der Waals surface area contributed by atoms with Crippen LogP contribution in [0.5, 0.6) is 0 Å². The standard InChI is InChI=1S/C22H23F2N7O2/c1-12-14-9-26-31-11-13(17(23)18(19(14)31)28-21(12)32)10-29-5-7-30(8-6-29)16-4-3-15(22(33)25-2)27-20(16)24/h3-4,9,11-12H,5-8,10H2,1-2H3,(H,25,33)(H,28,32)/t12-/m1/s1. The molecule has 1 saturated heterocycles. The predicted molar refractivity (Wildman–Crippen MR) is 117 cm³/mol. The van der Waals surface area contributed by atoms with Crippen LogP contribution in [0.4, 0.5) is 20.2 Å². The lowest BCUT2D eigenvalue weighted by Gasteiger charge is -2.36. The number of nitrogens with zero attached hydrogens (tertiary/aromatic N) is 5. The molecule has 1 fully saturated rings. The van der Waals surface area contributed by atoms with Crippen LogP contribution in [-0.2, 0) is 11.3 Å². The van der Waals surface area contributed by atoms with Crippen LogP contribution in [0, 0.1) is 11.8 Å². The quantitative estimate of drug-likeness (QED) is 0.582. The van der Waals surface area contributed by atoms with E-state index < -0.39 is 17.7 Å². The third-order valence-electron chi connectivity index (χ3n) is 6.34. The molecule has 9 nitrogen and oxygen atoms in total. The van der Waals surface area contributed by atoms with Gasteiger partial charge in [0.05, 0.1) is 23.3 Å². The fraction of sp³-hybridized carbons (Fsp3) is 0.364. The van der Waals surface area contributed by atoms with Crippen molar-refractivity contribution < 1.29 is 18.4 Å². The van der Waals surface area contributed by atoms with Crippen LogP contribution in [0.2, 0.25) is 0 Å². The van der Waals surface area contributed by atoms with Gasteiger partial charge in [0, 0.05) is 57.1 Å². The fourth-order valence-corrected chi connectivity index (χ4v) is 4.42. The second kappa shape index (κ2) is 8.07. The van der Waals surface area contributed by atoms with Crippen molar-refractivity contribution in [2.24, 2.45) is 0 Å². The van der Waals surface area contributed by atoms with E-state index in [4.69, 9.17) is 0 Å². The molecular weight excluding hydrogens is 432 g/mol. The molecule has 0 radical (unpaired) electrons. The molecule has 33 heavy (non-hydrogen) atoms. The van der Waals surface area contributed by atoms with Crippen molar-refractivity contribution in [3.63, 3.8) is 0 Å². The van der Waals surface area contributed by atoms with Gasteiger partial charge in [0.15, 0.2) is 5.82 Å². The zero-order valence-corrected chi connectivity index (χ0v) is 18.2. The lowest BCUT2D eigenvalue weighted by atomic mass is 9.97. The molecule has 5 heterocycles. The van der Waals surface area contributed by atoms with E-state index in [1.54, 1.807) is 29.9 Å². The number of aromatic nitrogens is 3. The average molecular weight is 455 g/mol. The second-order valence-electron chi connectivity index (χ2n) is 8.30. The lowest BCUT2D eigenvalue weighted by molar-refractivity contribution is -0.117. The third kappa shape index (κ3) is 3.58. The lowest BCUT2D eigenvalue weighted by Crippen LogP contribution is -2.46. The Morgan fingerprint density at radius 3 is 2.70 bits per heavy atom. The summed E-state index contributed by atoms with van der Waals surface area (Å²) >= 11 is 0. The first kappa shape index (κ1) is 21.3. The maximum atomic E-state index is 15.3. The minimum Gasteiger partial charge on any atom is -0.365 e. The van der Waals surface area contributed by atoms with Crippen molar-refractivity contribution >= 4 is 28.7 Å². The summed E-state index contributed by atoms with van der Waals surface area (Å²) < 4.78 is 31.4. The molecular formula is C22H23F2N7O2. The van der Waals surface area contributed by atoms with Crippen molar-refractivity contribution in [2.45, 2.75) is 19.4 Å². The summed E-state index contributed by atoms with van der Waals surface area (Å²) in [5, 5.41) is 9.41. The summed E-state index contributed by atoms with van der Waals surface area (Å²) in [5.74, 6) is -2.22. The Bertz CT molecular complexity index is 1270. The molecule has 0 aliphatic carbocycles. The minimum absolute atomic E-state index is 0.0236. The van der Waals surface area contributed by atoms with Gasteiger partial charge in [-0.05, 0) is 19.1 Å². The largest absolute Gasteiger partial charge is 0.365 e. The van der Waals surface area contributed by atoms with Gasteiger partial charge in [-0.1, -0.05) is 0 Å². The molecule has 3 aromatic rings. The Morgan fingerprint density at radius 1 is 1.24 bits per heavy atom. The smallest absolute Gasteiger partial charge is 0.269 e. The first-order valence-corrected chi connectivity index (χ1v) is 10.7. The molecule has 2 aliphatic heterocycles. The van der Waals surface area contributed by atoms with Crippen molar-refractivity contribution in [1.82, 2.24) is 24.8 Å². The van der Waals surface area contributed by atoms with E-state index in [9.17, 15) is 14.0 Å².